The molecule has 1 saturated heterocycles. The van der Waals surface area contributed by atoms with E-state index in [0.29, 0.717) is 29.2 Å². The molecule has 1 amide bonds. The number of rotatable bonds is 5. The maximum atomic E-state index is 13.0. The van der Waals surface area contributed by atoms with E-state index < -0.39 is 0 Å². The molecule has 3 aromatic rings. The molecule has 8 heteroatoms. The third-order valence-corrected chi connectivity index (χ3v) is 5.91. The summed E-state index contributed by atoms with van der Waals surface area (Å²) in [6, 6.07) is 15.6. The zero-order valence-corrected chi connectivity index (χ0v) is 18.5. The summed E-state index contributed by atoms with van der Waals surface area (Å²) in [5, 5.41) is 7.16. The number of aromatic amines is 1. The average molecular weight is 436 g/mol. The van der Waals surface area contributed by atoms with E-state index in [0.717, 1.165) is 29.9 Å². The summed E-state index contributed by atoms with van der Waals surface area (Å²) in [6.07, 6.45) is 0. The van der Waals surface area contributed by atoms with E-state index in [1.807, 2.05) is 60.4 Å². The molecule has 0 bridgehead atoms. The largest absolute Gasteiger partial charge is 0.368 e. The molecule has 0 spiro atoms. The second kappa shape index (κ2) is 8.85. The lowest BCUT2D eigenvalue weighted by Crippen LogP contribution is -2.49. The number of H-pyrrole nitrogens is 1. The Morgan fingerprint density at radius 3 is 2.42 bits per heavy atom. The van der Waals surface area contributed by atoms with Crippen molar-refractivity contribution in [1.82, 2.24) is 19.7 Å². The molecule has 1 aliphatic heterocycles. The number of aromatic nitrogens is 3. The van der Waals surface area contributed by atoms with E-state index >= 15 is 0 Å². The Bertz CT molecular complexity index is 1160. The summed E-state index contributed by atoms with van der Waals surface area (Å²) in [7, 11) is 0. The van der Waals surface area contributed by atoms with Gasteiger partial charge in [0.15, 0.2) is 16.4 Å². The van der Waals surface area contributed by atoms with E-state index in [1.165, 1.54) is 0 Å². The Kier molecular flexibility index (Phi) is 5.99. The SMILES string of the molecule is CC(=O)c1ccc(N2CCN(C(=O)Cn3c(-c4cccc(C)c4)n[nH]c3=S)CC2)cc1. The van der Waals surface area contributed by atoms with Crippen LogP contribution < -0.4 is 4.90 Å². The first-order chi connectivity index (χ1) is 14.9. The first kappa shape index (κ1) is 21.0. The van der Waals surface area contributed by atoms with Gasteiger partial charge in [0, 0.05) is 43.0 Å². The molecule has 0 unspecified atom stereocenters. The fraction of sp³-hybridized carbons (Fsp3) is 0.304. The van der Waals surface area contributed by atoms with E-state index in [9.17, 15) is 9.59 Å². The summed E-state index contributed by atoms with van der Waals surface area (Å²) in [5.74, 6) is 0.758. The zero-order valence-electron chi connectivity index (χ0n) is 17.7. The van der Waals surface area contributed by atoms with Gasteiger partial charge < -0.3 is 9.80 Å². The molecule has 1 N–H and O–H groups in total. The average Bonchev–Trinajstić information content (AvgIpc) is 3.14. The van der Waals surface area contributed by atoms with Gasteiger partial charge in [0.1, 0.15) is 6.54 Å². The number of Topliss-reactive ketones (excluding diaryl/α,β-unsaturated/α-hetero) is 1. The van der Waals surface area contributed by atoms with Gasteiger partial charge in [-0.15, -0.1) is 0 Å². The highest BCUT2D eigenvalue weighted by Crippen LogP contribution is 2.20. The summed E-state index contributed by atoms with van der Waals surface area (Å²) in [5.41, 5.74) is 3.82. The number of nitrogens with zero attached hydrogens (tertiary/aromatic N) is 4. The highest BCUT2D eigenvalue weighted by Gasteiger charge is 2.23. The smallest absolute Gasteiger partial charge is 0.242 e. The van der Waals surface area contributed by atoms with Crippen molar-refractivity contribution in [3.05, 3.63) is 64.4 Å². The van der Waals surface area contributed by atoms with Gasteiger partial charge in [0.05, 0.1) is 0 Å². The van der Waals surface area contributed by atoms with Crippen LogP contribution >= 0.6 is 12.2 Å². The Hall–Kier alpha value is -3.26. The van der Waals surface area contributed by atoms with Crippen molar-refractivity contribution >= 4 is 29.6 Å². The number of benzene rings is 2. The predicted molar refractivity (Wildman–Crippen MR) is 123 cm³/mol. The van der Waals surface area contributed by atoms with Crippen molar-refractivity contribution in [3.8, 4) is 11.4 Å². The quantitative estimate of drug-likeness (QED) is 0.491. The van der Waals surface area contributed by atoms with Crippen LogP contribution in [0.25, 0.3) is 11.4 Å². The Morgan fingerprint density at radius 1 is 1.06 bits per heavy atom. The number of carbonyl (C=O) groups is 2. The molecule has 0 aliphatic carbocycles. The lowest BCUT2D eigenvalue weighted by Gasteiger charge is -2.36. The number of ketones is 1. The van der Waals surface area contributed by atoms with Crippen molar-refractivity contribution in [1.29, 1.82) is 0 Å². The second-order valence-corrected chi connectivity index (χ2v) is 8.17. The molecule has 160 valence electrons. The van der Waals surface area contributed by atoms with Gasteiger partial charge in [-0.25, -0.2) is 0 Å². The van der Waals surface area contributed by atoms with Crippen LogP contribution in [0.1, 0.15) is 22.8 Å². The highest BCUT2D eigenvalue weighted by molar-refractivity contribution is 7.71. The molecule has 7 nitrogen and oxygen atoms in total. The Morgan fingerprint density at radius 2 is 1.77 bits per heavy atom. The number of hydrogen-bond donors (Lipinski definition) is 1. The minimum Gasteiger partial charge on any atom is -0.368 e. The van der Waals surface area contributed by atoms with Crippen molar-refractivity contribution in [2.45, 2.75) is 20.4 Å². The van der Waals surface area contributed by atoms with Crippen LogP contribution in [0.4, 0.5) is 5.69 Å². The number of piperazine rings is 1. The van der Waals surface area contributed by atoms with Crippen molar-refractivity contribution in [2.24, 2.45) is 0 Å². The van der Waals surface area contributed by atoms with Crippen molar-refractivity contribution in [2.75, 3.05) is 31.1 Å². The van der Waals surface area contributed by atoms with Crippen LogP contribution in [0, 0.1) is 11.7 Å². The molecule has 0 atom stereocenters. The lowest BCUT2D eigenvalue weighted by atomic mass is 10.1. The number of aryl methyl sites for hydroxylation is 1. The molecular weight excluding hydrogens is 410 g/mol. The molecule has 0 radical (unpaired) electrons. The highest BCUT2D eigenvalue weighted by atomic mass is 32.1. The van der Waals surface area contributed by atoms with Crippen LogP contribution in [-0.2, 0) is 11.3 Å². The Labute approximate surface area is 186 Å². The number of carbonyl (C=O) groups excluding carboxylic acids is 2. The normalized spacial score (nSPS) is 14.0. The minimum atomic E-state index is 0.0259. The fourth-order valence-corrected chi connectivity index (χ4v) is 4.02. The van der Waals surface area contributed by atoms with E-state index in [-0.39, 0.29) is 18.2 Å². The topological polar surface area (TPSA) is 74.2 Å². The van der Waals surface area contributed by atoms with Crippen LogP contribution in [0.5, 0.6) is 0 Å². The van der Waals surface area contributed by atoms with Crippen LogP contribution in [0.3, 0.4) is 0 Å². The summed E-state index contributed by atoms with van der Waals surface area (Å²) in [6.45, 7) is 6.51. The molecule has 31 heavy (non-hydrogen) atoms. The van der Waals surface area contributed by atoms with Gasteiger partial charge in [-0.2, -0.15) is 5.10 Å². The summed E-state index contributed by atoms with van der Waals surface area (Å²) >= 11 is 5.38. The lowest BCUT2D eigenvalue weighted by molar-refractivity contribution is -0.132. The van der Waals surface area contributed by atoms with Gasteiger partial charge in [0.25, 0.3) is 0 Å². The fourth-order valence-electron chi connectivity index (χ4n) is 3.83. The third kappa shape index (κ3) is 4.59. The standard InChI is InChI=1S/C23H25N5O2S/c1-16-4-3-5-19(14-16)22-24-25-23(31)28(22)15-21(30)27-12-10-26(11-13-27)20-8-6-18(7-9-20)17(2)29/h3-9,14H,10-13,15H2,1-2H3,(H,25,31). The third-order valence-electron chi connectivity index (χ3n) is 5.60. The molecule has 2 aromatic carbocycles. The van der Waals surface area contributed by atoms with Gasteiger partial charge in [-0.3, -0.25) is 19.3 Å². The number of hydrogen-bond acceptors (Lipinski definition) is 5. The van der Waals surface area contributed by atoms with Gasteiger partial charge in [-0.05, 0) is 56.4 Å². The molecule has 1 aromatic heterocycles. The first-order valence-corrected chi connectivity index (χ1v) is 10.7. The summed E-state index contributed by atoms with van der Waals surface area (Å²) in [4.78, 5) is 28.6. The van der Waals surface area contributed by atoms with Crippen molar-refractivity contribution in [3.63, 3.8) is 0 Å². The van der Waals surface area contributed by atoms with Gasteiger partial charge >= 0.3 is 0 Å². The first-order valence-electron chi connectivity index (χ1n) is 10.3. The minimum absolute atomic E-state index is 0.0259. The van der Waals surface area contributed by atoms with E-state index in [1.54, 1.807) is 11.5 Å². The Balaban J connectivity index is 1.42. The van der Waals surface area contributed by atoms with Gasteiger partial charge in [0.2, 0.25) is 5.91 Å². The van der Waals surface area contributed by atoms with E-state index in [4.69, 9.17) is 12.2 Å². The maximum absolute atomic E-state index is 13.0. The molecular formula is C23H25N5O2S. The predicted octanol–water partition coefficient (Wildman–Crippen LogP) is 3.47. The van der Waals surface area contributed by atoms with Crippen LogP contribution in [0.15, 0.2) is 48.5 Å². The molecule has 1 fully saturated rings. The number of amides is 1. The molecule has 4 rings (SSSR count). The monoisotopic (exact) mass is 435 g/mol. The van der Waals surface area contributed by atoms with Crippen molar-refractivity contribution < 1.29 is 9.59 Å². The number of nitrogens with one attached hydrogen (secondary N) is 1. The zero-order chi connectivity index (χ0) is 22.0. The van der Waals surface area contributed by atoms with Gasteiger partial charge in [-0.1, -0.05) is 23.8 Å². The number of anilines is 1. The summed E-state index contributed by atoms with van der Waals surface area (Å²) < 4.78 is 2.20. The molecule has 2 heterocycles. The molecule has 1 aliphatic rings. The maximum Gasteiger partial charge on any atom is 0.242 e. The van der Waals surface area contributed by atoms with E-state index in [2.05, 4.69) is 15.1 Å². The van der Waals surface area contributed by atoms with Crippen LogP contribution in [-0.4, -0.2) is 57.5 Å². The second-order valence-electron chi connectivity index (χ2n) is 7.78. The van der Waals surface area contributed by atoms with Crippen LogP contribution in [0.2, 0.25) is 0 Å². The molecule has 0 saturated carbocycles.